The van der Waals surface area contributed by atoms with Crippen LogP contribution in [0.25, 0.3) is 10.9 Å². The normalized spacial score (nSPS) is 11.1. The van der Waals surface area contributed by atoms with Gasteiger partial charge in [0.25, 0.3) is 0 Å². The molecular formula is C22H27FIN5O. The molecule has 0 radical (unpaired) electrons. The molecule has 160 valence electrons. The minimum Gasteiger partial charge on any atom is -0.361 e. The molecule has 30 heavy (non-hydrogen) atoms. The molecule has 0 unspecified atom stereocenters. The number of rotatable bonds is 8. The monoisotopic (exact) mass is 523 g/mol. The predicted octanol–water partition coefficient (Wildman–Crippen LogP) is 3.34. The first-order valence-corrected chi connectivity index (χ1v) is 9.66. The lowest BCUT2D eigenvalue weighted by Crippen LogP contribution is -2.40. The quantitative estimate of drug-likeness (QED) is 0.208. The molecule has 3 rings (SSSR count). The van der Waals surface area contributed by atoms with E-state index >= 15 is 0 Å². The van der Waals surface area contributed by atoms with Crippen LogP contribution in [0.5, 0.6) is 0 Å². The third kappa shape index (κ3) is 7.01. The van der Waals surface area contributed by atoms with E-state index in [-0.39, 0.29) is 35.7 Å². The SMILES string of the molecule is CN=C(NCCC(=O)NCc1ccccc1)NCCc1c[nH]c2cc(F)ccc12.I. The van der Waals surface area contributed by atoms with E-state index in [4.69, 9.17) is 0 Å². The number of amides is 1. The van der Waals surface area contributed by atoms with E-state index in [1.807, 2.05) is 36.5 Å². The molecule has 0 aliphatic rings. The number of hydrogen-bond acceptors (Lipinski definition) is 2. The average Bonchev–Trinajstić information content (AvgIpc) is 3.13. The first-order valence-electron chi connectivity index (χ1n) is 9.66. The number of nitrogens with one attached hydrogen (secondary N) is 4. The van der Waals surface area contributed by atoms with E-state index in [0.29, 0.717) is 32.0 Å². The number of aromatic amines is 1. The second-order valence-corrected chi connectivity index (χ2v) is 6.69. The summed E-state index contributed by atoms with van der Waals surface area (Å²) in [5, 5.41) is 10.3. The Hall–Kier alpha value is -2.62. The van der Waals surface area contributed by atoms with Crippen molar-refractivity contribution < 1.29 is 9.18 Å². The Morgan fingerprint density at radius 2 is 1.83 bits per heavy atom. The van der Waals surface area contributed by atoms with Gasteiger partial charge in [-0.3, -0.25) is 9.79 Å². The number of halogens is 2. The highest BCUT2D eigenvalue weighted by Crippen LogP contribution is 2.19. The van der Waals surface area contributed by atoms with Crippen LogP contribution in [0.2, 0.25) is 0 Å². The third-order valence-corrected chi connectivity index (χ3v) is 4.62. The Morgan fingerprint density at radius 1 is 1.07 bits per heavy atom. The molecule has 0 saturated heterocycles. The molecule has 0 spiro atoms. The summed E-state index contributed by atoms with van der Waals surface area (Å²) in [4.78, 5) is 19.2. The van der Waals surface area contributed by atoms with Crippen LogP contribution in [0.3, 0.4) is 0 Å². The van der Waals surface area contributed by atoms with Crippen molar-refractivity contribution in [2.24, 2.45) is 4.99 Å². The van der Waals surface area contributed by atoms with Crippen molar-refractivity contribution in [2.45, 2.75) is 19.4 Å². The maximum absolute atomic E-state index is 13.3. The van der Waals surface area contributed by atoms with Crippen LogP contribution in [0.1, 0.15) is 17.5 Å². The van der Waals surface area contributed by atoms with Crippen LogP contribution in [-0.4, -0.2) is 37.0 Å². The number of aliphatic imine (C=N–C) groups is 1. The second-order valence-electron chi connectivity index (χ2n) is 6.69. The molecule has 1 heterocycles. The van der Waals surface area contributed by atoms with Gasteiger partial charge in [-0.2, -0.15) is 0 Å². The number of fused-ring (bicyclic) bond motifs is 1. The molecule has 1 aromatic heterocycles. The fraction of sp³-hybridized carbons (Fsp3) is 0.273. The molecule has 3 aromatic rings. The molecule has 0 saturated carbocycles. The van der Waals surface area contributed by atoms with Gasteiger partial charge in [-0.05, 0) is 35.7 Å². The largest absolute Gasteiger partial charge is 0.361 e. The van der Waals surface area contributed by atoms with Gasteiger partial charge < -0.3 is 20.9 Å². The van der Waals surface area contributed by atoms with Crippen molar-refractivity contribution in [1.82, 2.24) is 20.9 Å². The number of benzene rings is 2. The van der Waals surface area contributed by atoms with Gasteiger partial charge in [-0.1, -0.05) is 30.3 Å². The van der Waals surface area contributed by atoms with E-state index in [1.54, 1.807) is 13.1 Å². The molecule has 0 bridgehead atoms. The molecular weight excluding hydrogens is 496 g/mol. The molecule has 1 amide bonds. The summed E-state index contributed by atoms with van der Waals surface area (Å²) in [6.45, 7) is 1.69. The summed E-state index contributed by atoms with van der Waals surface area (Å²) in [6, 6.07) is 14.6. The molecule has 2 aromatic carbocycles. The highest BCUT2D eigenvalue weighted by molar-refractivity contribution is 14.0. The van der Waals surface area contributed by atoms with Gasteiger partial charge in [0.1, 0.15) is 5.82 Å². The highest BCUT2D eigenvalue weighted by Gasteiger charge is 2.06. The lowest BCUT2D eigenvalue weighted by molar-refractivity contribution is -0.121. The number of nitrogens with zero attached hydrogens (tertiary/aromatic N) is 1. The van der Waals surface area contributed by atoms with Crippen molar-refractivity contribution in [3.05, 3.63) is 71.7 Å². The van der Waals surface area contributed by atoms with Crippen molar-refractivity contribution >= 4 is 46.7 Å². The molecule has 0 atom stereocenters. The van der Waals surface area contributed by atoms with Crippen molar-refractivity contribution in [1.29, 1.82) is 0 Å². The number of H-pyrrole nitrogens is 1. The number of aromatic nitrogens is 1. The predicted molar refractivity (Wildman–Crippen MR) is 130 cm³/mol. The van der Waals surface area contributed by atoms with E-state index in [9.17, 15) is 9.18 Å². The molecule has 6 nitrogen and oxygen atoms in total. The fourth-order valence-corrected chi connectivity index (χ4v) is 3.08. The Morgan fingerprint density at radius 3 is 2.60 bits per heavy atom. The summed E-state index contributed by atoms with van der Waals surface area (Å²) in [7, 11) is 1.69. The van der Waals surface area contributed by atoms with Gasteiger partial charge in [-0.25, -0.2) is 4.39 Å². The fourth-order valence-electron chi connectivity index (χ4n) is 3.08. The van der Waals surface area contributed by atoms with E-state index in [1.165, 1.54) is 12.1 Å². The minimum absolute atomic E-state index is 0. The first kappa shape index (κ1) is 23.7. The highest BCUT2D eigenvalue weighted by atomic mass is 127. The summed E-state index contributed by atoms with van der Waals surface area (Å²) in [5.41, 5.74) is 2.98. The molecule has 8 heteroatoms. The maximum Gasteiger partial charge on any atom is 0.222 e. The summed E-state index contributed by atoms with van der Waals surface area (Å²) in [6.07, 6.45) is 3.03. The summed E-state index contributed by atoms with van der Waals surface area (Å²) >= 11 is 0. The van der Waals surface area contributed by atoms with Gasteiger partial charge in [0.15, 0.2) is 5.96 Å². The Bertz CT molecular complexity index is 974. The zero-order chi connectivity index (χ0) is 20.5. The molecule has 0 aliphatic heterocycles. The van der Waals surface area contributed by atoms with E-state index in [2.05, 4.69) is 25.9 Å². The van der Waals surface area contributed by atoms with Crippen LogP contribution in [0, 0.1) is 5.82 Å². The molecule has 4 N–H and O–H groups in total. The van der Waals surface area contributed by atoms with Gasteiger partial charge in [0, 0.05) is 50.2 Å². The average molecular weight is 523 g/mol. The van der Waals surface area contributed by atoms with Gasteiger partial charge in [0.05, 0.1) is 0 Å². The minimum atomic E-state index is -0.249. The molecule has 0 fully saturated rings. The standard InChI is InChI=1S/C22H26FN5O.HI/c1-24-22(26-12-10-21(29)28-14-16-5-3-2-4-6-16)25-11-9-17-15-27-20-13-18(23)7-8-19(17)20;/h2-8,13,15,27H,9-12,14H2,1H3,(H,28,29)(H2,24,25,26);1H. The first-order chi connectivity index (χ1) is 14.2. The Kier molecular flexibility index (Phi) is 9.59. The van der Waals surface area contributed by atoms with Crippen LogP contribution >= 0.6 is 24.0 Å². The van der Waals surface area contributed by atoms with E-state index < -0.39 is 0 Å². The summed E-state index contributed by atoms with van der Waals surface area (Å²) < 4.78 is 13.3. The van der Waals surface area contributed by atoms with Crippen LogP contribution < -0.4 is 16.0 Å². The van der Waals surface area contributed by atoms with Gasteiger partial charge >= 0.3 is 0 Å². The number of hydrogen-bond donors (Lipinski definition) is 4. The zero-order valence-corrected chi connectivity index (χ0v) is 19.2. The van der Waals surface area contributed by atoms with Crippen LogP contribution in [0.4, 0.5) is 4.39 Å². The van der Waals surface area contributed by atoms with Crippen LogP contribution in [0.15, 0.2) is 59.7 Å². The van der Waals surface area contributed by atoms with Crippen molar-refractivity contribution in [3.63, 3.8) is 0 Å². The van der Waals surface area contributed by atoms with Gasteiger partial charge in [-0.15, -0.1) is 24.0 Å². The maximum atomic E-state index is 13.3. The Balaban J connectivity index is 0.00000320. The lowest BCUT2D eigenvalue weighted by Gasteiger charge is -2.12. The topological polar surface area (TPSA) is 81.3 Å². The van der Waals surface area contributed by atoms with Crippen LogP contribution in [-0.2, 0) is 17.8 Å². The Labute approximate surface area is 192 Å². The smallest absolute Gasteiger partial charge is 0.222 e. The van der Waals surface area contributed by atoms with Crippen molar-refractivity contribution in [3.8, 4) is 0 Å². The second kappa shape index (κ2) is 12.2. The molecule has 0 aliphatic carbocycles. The summed E-state index contributed by atoms with van der Waals surface area (Å²) in [5.74, 6) is 0.385. The lowest BCUT2D eigenvalue weighted by atomic mass is 10.1. The third-order valence-electron chi connectivity index (χ3n) is 4.62. The number of guanidine groups is 1. The van der Waals surface area contributed by atoms with Crippen molar-refractivity contribution in [2.75, 3.05) is 20.1 Å². The van der Waals surface area contributed by atoms with Gasteiger partial charge in [0.2, 0.25) is 5.91 Å². The number of carbonyl (C=O) groups is 1. The van der Waals surface area contributed by atoms with E-state index in [0.717, 1.165) is 28.5 Å². The number of carbonyl (C=O) groups excluding carboxylic acids is 1. The zero-order valence-electron chi connectivity index (χ0n) is 16.9.